The number of ether oxygens (including phenoxy) is 1. The Morgan fingerprint density at radius 3 is 3.10 bits per heavy atom. The fraction of sp³-hybridized carbons (Fsp3) is 0.857. The molecule has 3 rings (SSSR count). The molecule has 0 aromatic heterocycles. The SMILES string of the molecule is CC[C@@H]1CN(C(=O)[C@@H]2CS[C@@]3(C)CCC(=O)N23)CCO1. The van der Waals surface area contributed by atoms with Crippen LogP contribution in [0.5, 0.6) is 0 Å². The topological polar surface area (TPSA) is 49.9 Å². The molecule has 6 heteroatoms. The van der Waals surface area contributed by atoms with Crippen molar-refractivity contribution in [3.05, 3.63) is 0 Å². The maximum atomic E-state index is 12.8. The fourth-order valence-electron chi connectivity index (χ4n) is 3.38. The molecule has 3 heterocycles. The second kappa shape index (κ2) is 5.22. The molecular weight excluding hydrogens is 276 g/mol. The number of hydrogen-bond acceptors (Lipinski definition) is 4. The molecule has 0 unspecified atom stereocenters. The molecular formula is C14H22N2O3S. The van der Waals surface area contributed by atoms with E-state index in [4.69, 9.17) is 4.74 Å². The van der Waals surface area contributed by atoms with Crippen molar-refractivity contribution >= 4 is 23.6 Å². The molecule has 0 spiro atoms. The van der Waals surface area contributed by atoms with Crippen molar-refractivity contribution in [2.24, 2.45) is 0 Å². The highest BCUT2D eigenvalue weighted by molar-refractivity contribution is 8.01. The van der Waals surface area contributed by atoms with Crippen molar-refractivity contribution < 1.29 is 14.3 Å². The number of nitrogens with zero attached hydrogens (tertiary/aromatic N) is 2. The second-order valence-electron chi connectivity index (χ2n) is 5.95. The lowest BCUT2D eigenvalue weighted by Crippen LogP contribution is -2.55. The van der Waals surface area contributed by atoms with E-state index < -0.39 is 0 Å². The molecule has 112 valence electrons. The van der Waals surface area contributed by atoms with E-state index in [1.54, 1.807) is 11.8 Å². The highest BCUT2D eigenvalue weighted by atomic mass is 32.2. The average molecular weight is 298 g/mol. The number of morpholine rings is 1. The molecule has 0 radical (unpaired) electrons. The summed E-state index contributed by atoms with van der Waals surface area (Å²) in [6.45, 7) is 6.08. The van der Waals surface area contributed by atoms with Gasteiger partial charge in [0.05, 0.1) is 17.6 Å². The second-order valence-corrected chi connectivity index (χ2v) is 7.45. The molecule has 20 heavy (non-hydrogen) atoms. The van der Waals surface area contributed by atoms with Crippen molar-refractivity contribution in [3.63, 3.8) is 0 Å². The lowest BCUT2D eigenvalue weighted by molar-refractivity contribution is -0.148. The van der Waals surface area contributed by atoms with Gasteiger partial charge in [0.25, 0.3) is 0 Å². The molecule has 0 aliphatic carbocycles. The van der Waals surface area contributed by atoms with Crippen LogP contribution in [0.3, 0.4) is 0 Å². The van der Waals surface area contributed by atoms with Crippen molar-refractivity contribution in [2.45, 2.75) is 50.1 Å². The Bertz CT molecular complexity index is 431. The van der Waals surface area contributed by atoms with Crippen LogP contribution >= 0.6 is 11.8 Å². The highest BCUT2D eigenvalue weighted by Crippen LogP contribution is 2.47. The average Bonchev–Trinajstić information content (AvgIpc) is 2.95. The maximum Gasteiger partial charge on any atom is 0.246 e. The molecule has 3 aliphatic heterocycles. The zero-order valence-corrected chi connectivity index (χ0v) is 12.9. The summed E-state index contributed by atoms with van der Waals surface area (Å²) in [4.78, 5) is 28.4. The van der Waals surface area contributed by atoms with Gasteiger partial charge in [-0.05, 0) is 19.8 Å². The summed E-state index contributed by atoms with van der Waals surface area (Å²) in [6, 6.07) is -0.268. The number of thioether (sulfide) groups is 1. The predicted octanol–water partition coefficient (Wildman–Crippen LogP) is 1.08. The van der Waals surface area contributed by atoms with Crippen LogP contribution < -0.4 is 0 Å². The minimum Gasteiger partial charge on any atom is -0.375 e. The third-order valence-corrected chi connectivity index (χ3v) is 6.14. The summed E-state index contributed by atoms with van der Waals surface area (Å²) in [5.41, 5.74) is 0. The van der Waals surface area contributed by atoms with Crippen molar-refractivity contribution in [3.8, 4) is 0 Å². The van der Waals surface area contributed by atoms with Crippen molar-refractivity contribution in [1.29, 1.82) is 0 Å². The first-order valence-corrected chi connectivity index (χ1v) is 8.40. The number of carbonyl (C=O) groups is 2. The van der Waals surface area contributed by atoms with Crippen LogP contribution in [0.15, 0.2) is 0 Å². The molecule has 0 aromatic carbocycles. The van der Waals surface area contributed by atoms with E-state index in [1.807, 2.05) is 9.80 Å². The van der Waals surface area contributed by atoms with Gasteiger partial charge < -0.3 is 14.5 Å². The van der Waals surface area contributed by atoms with Crippen LogP contribution in [0, 0.1) is 0 Å². The molecule has 3 saturated heterocycles. The molecule has 0 N–H and O–H groups in total. The first kappa shape index (κ1) is 14.2. The largest absolute Gasteiger partial charge is 0.375 e. The Balaban J connectivity index is 1.73. The van der Waals surface area contributed by atoms with Crippen LogP contribution in [-0.4, -0.2) is 64.1 Å². The lowest BCUT2D eigenvalue weighted by atomic mass is 10.1. The quantitative estimate of drug-likeness (QED) is 0.765. The fourth-order valence-corrected chi connectivity index (χ4v) is 4.80. The molecule has 3 fully saturated rings. The summed E-state index contributed by atoms with van der Waals surface area (Å²) in [6.07, 6.45) is 2.50. The Morgan fingerprint density at radius 1 is 1.55 bits per heavy atom. The first-order valence-electron chi connectivity index (χ1n) is 7.41. The van der Waals surface area contributed by atoms with E-state index >= 15 is 0 Å². The molecule has 3 aliphatic rings. The highest BCUT2D eigenvalue weighted by Gasteiger charge is 2.53. The molecule has 0 bridgehead atoms. The van der Waals surface area contributed by atoms with Gasteiger partial charge in [0, 0.05) is 25.3 Å². The number of rotatable bonds is 2. The van der Waals surface area contributed by atoms with Crippen LogP contribution in [-0.2, 0) is 14.3 Å². The summed E-state index contributed by atoms with van der Waals surface area (Å²) in [5.74, 6) is 0.976. The zero-order valence-electron chi connectivity index (χ0n) is 12.1. The molecule has 0 saturated carbocycles. The Labute approximate surface area is 124 Å². The number of hydrogen-bond donors (Lipinski definition) is 0. The zero-order chi connectivity index (χ0) is 14.3. The van der Waals surface area contributed by atoms with E-state index in [2.05, 4.69) is 13.8 Å². The normalized spacial score (nSPS) is 37.4. The van der Waals surface area contributed by atoms with E-state index in [0.29, 0.717) is 26.1 Å². The van der Waals surface area contributed by atoms with E-state index in [-0.39, 0.29) is 28.8 Å². The molecule has 2 amide bonds. The summed E-state index contributed by atoms with van der Waals surface area (Å²) in [7, 11) is 0. The standard InChI is InChI=1S/C14H22N2O3S/c1-3-10-8-15(6-7-19-10)13(18)11-9-20-14(2)5-4-12(17)16(11)14/h10-11H,3-9H2,1-2H3/t10-,11+,14+/m1/s1. The van der Waals surface area contributed by atoms with Crippen LogP contribution in [0.25, 0.3) is 0 Å². The van der Waals surface area contributed by atoms with Gasteiger partial charge in [0.2, 0.25) is 11.8 Å². The van der Waals surface area contributed by atoms with Crippen molar-refractivity contribution in [1.82, 2.24) is 9.80 Å². The smallest absolute Gasteiger partial charge is 0.246 e. The van der Waals surface area contributed by atoms with Crippen molar-refractivity contribution in [2.75, 3.05) is 25.4 Å². The monoisotopic (exact) mass is 298 g/mol. The van der Waals surface area contributed by atoms with Gasteiger partial charge >= 0.3 is 0 Å². The van der Waals surface area contributed by atoms with Gasteiger partial charge in [-0.25, -0.2) is 0 Å². The van der Waals surface area contributed by atoms with E-state index in [9.17, 15) is 9.59 Å². The van der Waals surface area contributed by atoms with Crippen LogP contribution in [0.4, 0.5) is 0 Å². The molecule has 3 atom stereocenters. The summed E-state index contributed by atoms with van der Waals surface area (Å²) >= 11 is 1.75. The van der Waals surface area contributed by atoms with Gasteiger partial charge in [0.15, 0.2) is 0 Å². The minimum atomic E-state index is -0.268. The molecule has 0 aromatic rings. The number of amides is 2. The Morgan fingerprint density at radius 2 is 2.35 bits per heavy atom. The summed E-state index contributed by atoms with van der Waals surface area (Å²) < 4.78 is 5.62. The van der Waals surface area contributed by atoms with Gasteiger partial charge in [-0.15, -0.1) is 11.8 Å². The number of carbonyl (C=O) groups excluding carboxylic acids is 2. The van der Waals surface area contributed by atoms with Gasteiger partial charge in [-0.3, -0.25) is 9.59 Å². The van der Waals surface area contributed by atoms with Gasteiger partial charge in [-0.1, -0.05) is 6.92 Å². The van der Waals surface area contributed by atoms with E-state index in [0.717, 1.165) is 18.6 Å². The third-order valence-electron chi connectivity index (χ3n) is 4.64. The Hall–Kier alpha value is -0.750. The third kappa shape index (κ3) is 2.22. The first-order chi connectivity index (χ1) is 9.55. The predicted molar refractivity (Wildman–Crippen MR) is 77.3 cm³/mol. The van der Waals surface area contributed by atoms with E-state index in [1.165, 1.54) is 0 Å². The van der Waals surface area contributed by atoms with Gasteiger partial charge in [-0.2, -0.15) is 0 Å². The number of fused-ring (bicyclic) bond motifs is 1. The lowest BCUT2D eigenvalue weighted by Gasteiger charge is -2.37. The van der Waals surface area contributed by atoms with Crippen LogP contribution in [0.1, 0.15) is 33.1 Å². The molecule has 5 nitrogen and oxygen atoms in total. The minimum absolute atomic E-state index is 0.109. The summed E-state index contributed by atoms with van der Waals surface area (Å²) in [5, 5.41) is 0. The maximum absolute atomic E-state index is 12.8. The van der Waals surface area contributed by atoms with Crippen LogP contribution in [0.2, 0.25) is 0 Å². The van der Waals surface area contributed by atoms with Gasteiger partial charge in [0.1, 0.15) is 6.04 Å². The Kier molecular flexibility index (Phi) is 3.71.